The highest BCUT2D eigenvalue weighted by molar-refractivity contribution is 9.10. The summed E-state index contributed by atoms with van der Waals surface area (Å²) in [6, 6.07) is 7.46. The molecule has 70 valence electrons. The predicted octanol–water partition coefficient (Wildman–Crippen LogP) is 1.55. The van der Waals surface area contributed by atoms with E-state index in [-0.39, 0.29) is 6.61 Å². The summed E-state index contributed by atoms with van der Waals surface area (Å²) in [6.07, 6.45) is -0.636. The highest BCUT2D eigenvalue weighted by atomic mass is 79.9. The summed E-state index contributed by atoms with van der Waals surface area (Å²) in [5.74, 6) is 4.83. The molecule has 1 aromatic carbocycles. The third-order valence-electron chi connectivity index (χ3n) is 1.40. The second-order valence-electron chi connectivity index (χ2n) is 2.35. The molecule has 5 heteroatoms. The molecule has 0 radical (unpaired) electrons. The lowest BCUT2D eigenvalue weighted by Crippen LogP contribution is -2.30. The number of ether oxygens (including phenoxy) is 1. The van der Waals surface area contributed by atoms with Gasteiger partial charge in [-0.25, -0.2) is 10.6 Å². The van der Waals surface area contributed by atoms with Gasteiger partial charge in [0.2, 0.25) is 0 Å². The van der Waals surface area contributed by atoms with Gasteiger partial charge in [-0.3, -0.25) is 5.43 Å². The van der Waals surface area contributed by atoms with Crippen molar-refractivity contribution in [2.75, 3.05) is 0 Å². The van der Waals surface area contributed by atoms with E-state index in [2.05, 4.69) is 15.9 Å². The smallest absolute Gasteiger partial charge is 0.421 e. The van der Waals surface area contributed by atoms with Gasteiger partial charge in [-0.05, 0) is 17.7 Å². The van der Waals surface area contributed by atoms with Crippen molar-refractivity contribution in [1.29, 1.82) is 0 Å². The Balaban J connectivity index is 2.46. The molecule has 3 N–H and O–H groups in total. The van der Waals surface area contributed by atoms with Crippen LogP contribution < -0.4 is 11.3 Å². The van der Waals surface area contributed by atoms with Crippen LogP contribution in [0, 0.1) is 0 Å². The summed E-state index contributed by atoms with van der Waals surface area (Å²) in [5.41, 5.74) is 2.79. The van der Waals surface area contributed by atoms with E-state index in [1.54, 1.807) is 0 Å². The van der Waals surface area contributed by atoms with Crippen LogP contribution in [0.3, 0.4) is 0 Å². The second-order valence-corrected chi connectivity index (χ2v) is 3.26. The van der Waals surface area contributed by atoms with Gasteiger partial charge in [0.25, 0.3) is 0 Å². The molecular formula is C8H9BrN2O2. The van der Waals surface area contributed by atoms with Crippen LogP contribution in [0.5, 0.6) is 0 Å². The molecule has 13 heavy (non-hydrogen) atoms. The largest absolute Gasteiger partial charge is 0.444 e. The Morgan fingerprint density at radius 3 is 2.62 bits per heavy atom. The Bertz CT molecular complexity index is 287. The van der Waals surface area contributed by atoms with Crippen LogP contribution in [0.15, 0.2) is 28.7 Å². The molecular weight excluding hydrogens is 236 g/mol. The Hall–Kier alpha value is -1.07. The Labute approximate surface area is 84.2 Å². The van der Waals surface area contributed by atoms with E-state index in [0.717, 1.165) is 10.0 Å². The molecule has 0 atom stereocenters. The predicted molar refractivity (Wildman–Crippen MR) is 51.7 cm³/mol. The van der Waals surface area contributed by atoms with E-state index in [9.17, 15) is 4.79 Å². The number of hydrazine groups is 1. The first kappa shape index (κ1) is 10.0. The molecule has 1 rings (SSSR count). The molecule has 1 amide bonds. The maximum Gasteiger partial charge on any atom is 0.421 e. The van der Waals surface area contributed by atoms with Crippen molar-refractivity contribution in [3.8, 4) is 0 Å². The van der Waals surface area contributed by atoms with E-state index in [4.69, 9.17) is 10.6 Å². The summed E-state index contributed by atoms with van der Waals surface area (Å²) < 4.78 is 5.71. The van der Waals surface area contributed by atoms with Crippen molar-refractivity contribution in [1.82, 2.24) is 5.43 Å². The van der Waals surface area contributed by atoms with Crippen LogP contribution in [-0.2, 0) is 11.3 Å². The molecule has 0 bridgehead atoms. The minimum Gasteiger partial charge on any atom is -0.444 e. The normalized spacial score (nSPS) is 9.38. The van der Waals surface area contributed by atoms with Crippen molar-refractivity contribution in [2.45, 2.75) is 6.61 Å². The van der Waals surface area contributed by atoms with E-state index in [0.29, 0.717) is 0 Å². The van der Waals surface area contributed by atoms with Gasteiger partial charge in [0.15, 0.2) is 0 Å². The Morgan fingerprint density at radius 1 is 1.46 bits per heavy atom. The molecule has 0 saturated heterocycles. The van der Waals surface area contributed by atoms with Crippen molar-refractivity contribution >= 4 is 22.0 Å². The number of hydrogen-bond acceptors (Lipinski definition) is 3. The average Bonchev–Trinajstić information content (AvgIpc) is 2.16. The van der Waals surface area contributed by atoms with Crippen molar-refractivity contribution in [2.24, 2.45) is 5.84 Å². The van der Waals surface area contributed by atoms with Crippen LogP contribution in [0.25, 0.3) is 0 Å². The van der Waals surface area contributed by atoms with Gasteiger partial charge < -0.3 is 4.74 Å². The van der Waals surface area contributed by atoms with Gasteiger partial charge in [0.05, 0.1) is 0 Å². The van der Waals surface area contributed by atoms with Gasteiger partial charge in [-0.2, -0.15) is 0 Å². The maximum absolute atomic E-state index is 10.6. The van der Waals surface area contributed by atoms with Gasteiger partial charge in [0.1, 0.15) is 6.61 Å². The number of amides is 1. The van der Waals surface area contributed by atoms with Crippen molar-refractivity contribution in [3.05, 3.63) is 34.3 Å². The van der Waals surface area contributed by atoms with Gasteiger partial charge in [-0.1, -0.05) is 28.1 Å². The third-order valence-corrected chi connectivity index (χ3v) is 1.93. The van der Waals surface area contributed by atoms with Gasteiger partial charge in [0, 0.05) is 4.47 Å². The first-order valence-electron chi connectivity index (χ1n) is 3.60. The number of carbonyl (C=O) groups excluding carboxylic acids is 1. The molecule has 0 aromatic heterocycles. The summed E-state index contributed by atoms with van der Waals surface area (Å²) in [4.78, 5) is 10.6. The van der Waals surface area contributed by atoms with Crippen LogP contribution >= 0.6 is 15.9 Å². The summed E-state index contributed by atoms with van der Waals surface area (Å²) in [6.45, 7) is 0.219. The lowest BCUT2D eigenvalue weighted by molar-refractivity contribution is 0.140. The lowest BCUT2D eigenvalue weighted by Gasteiger charge is -2.03. The van der Waals surface area contributed by atoms with Crippen LogP contribution in [0.4, 0.5) is 4.79 Å². The van der Waals surface area contributed by atoms with E-state index >= 15 is 0 Å². The van der Waals surface area contributed by atoms with Crippen LogP contribution in [0.1, 0.15) is 5.56 Å². The Morgan fingerprint density at radius 2 is 2.08 bits per heavy atom. The number of benzene rings is 1. The van der Waals surface area contributed by atoms with Crippen molar-refractivity contribution in [3.63, 3.8) is 0 Å². The first-order valence-corrected chi connectivity index (χ1v) is 4.39. The molecule has 0 saturated carbocycles. The topological polar surface area (TPSA) is 64.3 Å². The monoisotopic (exact) mass is 244 g/mol. The third kappa shape index (κ3) is 3.43. The highest BCUT2D eigenvalue weighted by Crippen LogP contribution is 2.10. The summed E-state index contributed by atoms with van der Waals surface area (Å²) in [7, 11) is 0. The molecule has 0 spiro atoms. The number of halogens is 1. The number of nitrogens with two attached hydrogens (primary N) is 1. The number of rotatable bonds is 2. The van der Waals surface area contributed by atoms with Crippen molar-refractivity contribution < 1.29 is 9.53 Å². The maximum atomic E-state index is 10.6. The van der Waals surface area contributed by atoms with Crippen LogP contribution in [-0.4, -0.2) is 6.09 Å². The lowest BCUT2D eigenvalue weighted by atomic mass is 10.2. The second kappa shape index (κ2) is 4.84. The number of nitrogens with one attached hydrogen (secondary N) is 1. The van der Waals surface area contributed by atoms with Gasteiger partial charge >= 0.3 is 6.09 Å². The first-order chi connectivity index (χ1) is 6.22. The number of carbonyl (C=O) groups is 1. The zero-order valence-electron chi connectivity index (χ0n) is 6.79. The van der Waals surface area contributed by atoms with Crippen LogP contribution in [0.2, 0.25) is 0 Å². The van der Waals surface area contributed by atoms with E-state index in [1.165, 1.54) is 0 Å². The fraction of sp³-hybridized carbons (Fsp3) is 0.125. The number of hydrogen-bond donors (Lipinski definition) is 2. The summed E-state index contributed by atoms with van der Waals surface area (Å²) in [5, 5.41) is 0. The fourth-order valence-corrected chi connectivity index (χ4v) is 1.04. The fourth-order valence-electron chi connectivity index (χ4n) is 0.771. The standard InChI is InChI=1S/C8H9BrN2O2/c9-7-3-1-6(2-4-7)5-13-8(12)11-10/h1-4H,5,10H2,(H,11,12). The zero-order valence-corrected chi connectivity index (χ0v) is 8.37. The van der Waals surface area contributed by atoms with Gasteiger partial charge in [-0.15, -0.1) is 0 Å². The molecule has 1 aromatic rings. The molecule has 4 nitrogen and oxygen atoms in total. The molecule has 0 fully saturated rings. The molecule has 0 heterocycles. The Kier molecular flexibility index (Phi) is 3.72. The average molecular weight is 245 g/mol. The zero-order chi connectivity index (χ0) is 9.68. The molecule has 0 aliphatic carbocycles. The van der Waals surface area contributed by atoms with E-state index in [1.807, 2.05) is 29.7 Å². The molecule has 0 unspecified atom stereocenters. The minimum absolute atomic E-state index is 0.219. The van der Waals surface area contributed by atoms with E-state index < -0.39 is 6.09 Å². The quantitative estimate of drug-likeness (QED) is 0.472. The molecule has 0 aliphatic rings. The minimum atomic E-state index is -0.636. The summed E-state index contributed by atoms with van der Waals surface area (Å²) >= 11 is 3.30. The molecule has 0 aliphatic heterocycles. The highest BCUT2D eigenvalue weighted by Gasteiger charge is 1.98. The SMILES string of the molecule is NNC(=O)OCc1ccc(Br)cc1.